The van der Waals surface area contributed by atoms with E-state index in [0.29, 0.717) is 41.4 Å². The molecule has 0 spiro atoms. The van der Waals surface area contributed by atoms with E-state index >= 15 is 0 Å². The average molecular weight is 625 g/mol. The molecule has 0 bridgehead atoms. The molecule has 0 amide bonds. The van der Waals surface area contributed by atoms with Gasteiger partial charge in [0.2, 0.25) is 5.89 Å². The Labute approximate surface area is 261 Å². The van der Waals surface area contributed by atoms with Crippen molar-refractivity contribution >= 4 is 0 Å². The molecule has 0 fully saturated rings. The van der Waals surface area contributed by atoms with Crippen LogP contribution in [0.4, 0.5) is 8.78 Å². The van der Waals surface area contributed by atoms with Crippen molar-refractivity contribution in [2.75, 3.05) is 0 Å². The summed E-state index contributed by atoms with van der Waals surface area (Å²) in [5.41, 5.74) is 4.56. The number of hydrogen-bond acceptors (Lipinski definition) is 8. The Bertz CT molecular complexity index is 2090. The van der Waals surface area contributed by atoms with Crippen molar-refractivity contribution in [3.05, 3.63) is 139 Å². The van der Waals surface area contributed by atoms with Gasteiger partial charge in [0.1, 0.15) is 17.5 Å². The first-order valence-corrected chi connectivity index (χ1v) is 14.9. The summed E-state index contributed by atoms with van der Waals surface area (Å²) in [5.74, 6) is -0.514. The zero-order chi connectivity index (χ0) is 32.2. The molecule has 1 N–H and O–H groups in total. The molecule has 234 valence electrons. The molecule has 6 aromatic rings. The summed E-state index contributed by atoms with van der Waals surface area (Å²) < 4.78 is 39.1. The Kier molecular flexibility index (Phi) is 8.77. The van der Waals surface area contributed by atoms with Crippen molar-refractivity contribution in [2.24, 2.45) is 0 Å². The maximum Gasteiger partial charge on any atom is 0.439 e. The molecule has 10 nitrogen and oxygen atoms in total. The van der Waals surface area contributed by atoms with Gasteiger partial charge in [0.25, 0.3) is 5.56 Å². The zero-order valence-electron chi connectivity index (χ0n) is 25.2. The van der Waals surface area contributed by atoms with Gasteiger partial charge in [-0.25, -0.2) is 18.6 Å². The summed E-state index contributed by atoms with van der Waals surface area (Å²) in [6.07, 6.45) is 2.60. The Morgan fingerprint density at radius 2 is 1.59 bits per heavy atom. The van der Waals surface area contributed by atoms with E-state index < -0.39 is 17.4 Å². The lowest BCUT2D eigenvalue weighted by Crippen LogP contribution is -2.30. The number of unbranched alkanes of at least 4 members (excludes halogenated alkanes) is 1. The summed E-state index contributed by atoms with van der Waals surface area (Å²) in [6, 6.07) is 18.6. The number of halogens is 2. The zero-order valence-corrected chi connectivity index (χ0v) is 25.2. The van der Waals surface area contributed by atoms with E-state index in [2.05, 4.69) is 27.2 Å². The minimum Gasteiger partial charge on any atom is -0.339 e. The molecule has 46 heavy (non-hydrogen) atoms. The average Bonchev–Trinajstić information content (AvgIpc) is 3.68. The smallest absolute Gasteiger partial charge is 0.339 e. The van der Waals surface area contributed by atoms with E-state index in [1.807, 2.05) is 48.5 Å². The Hall–Kier alpha value is -5.52. The molecule has 0 unspecified atom stereocenters. The van der Waals surface area contributed by atoms with Crippen molar-refractivity contribution in [3.63, 3.8) is 0 Å². The van der Waals surface area contributed by atoms with Gasteiger partial charge in [-0.3, -0.25) is 18.9 Å². The first-order valence-electron chi connectivity index (χ1n) is 14.9. The molecule has 6 rings (SSSR count). The van der Waals surface area contributed by atoms with Crippen LogP contribution in [0.25, 0.3) is 22.5 Å². The number of aromatic amines is 1. The molecular weight excluding hydrogens is 594 g/mol. The number of benzene rings is 3. The van der Waals surface area contributed by atoms with E-state index in [9.17, 15) is 18.4 Å². The molecule has 0 aliphatic heterocycles. The number of aryl methyl sites for hydroxylation is 2. The van der Waals surface area contributed by atoms with E-state index in [4.69, 9.17) is 14.0 Å². The van der Waals surface area contributed by atoms with Gasteiger partial charge < -0.3 is 4.52 Å². The fourth-order valence-electron chi connectivity index (χ4n) is 5.39. The lowest BCUT2D eigenvalue weighted by atomic mass is 9.98. The first kappa shape index (κ1) is 30.5. The third-order valence-electron chi connectivity index (χ3n) is 7.65. The Balaban J connectivity index is 1.27. The normalized spacial score (nSPS) is 11.3. The van der Waals surface area contributed by atoms with Gasteiger partial charge in [-0.05, 0) is 47.7 Å². The number of nitrogens with zero attached hydrogens (tertiary/aromatic N) is 5. The van der Waals surface area contributed by atoms with Gasteiger partial charge >= 0.3 is 5.76 Å². The second-order valence-electron chi connectivity index (χ2n) is 11.0. The molecule has 0 saturated heterocycles. The van der Waals surface area contributed by atoms with Crippen molar-refractivity contribution in [1.82, 2.24) is 29.8 Å². The largest absolute Gasteiger partial charge is 0.439 e. The van der Waals surface area contributed by atoms with Crippen LogP contribution in [0.15, 0.2) is 85.4 Å². The van der Waals surface area contributed by atoms with Crippen LogP contribution in [-0.4, -0.2) is 29.8 Å². The Morgan fingerprint density at radius 1 is 0.848 bits per heavy atom. The van der Waals surface area contributed by atoms with Crippen molar-refractivity contribution < 1.29 is 17.8 Å². The molecule has 0 atom stereocenters. The lowest BCUT2D eigenvalue weighted by molar-refractivity contribution is 0.379. The summed E-state index contributed by atoms with van der Waals surface area (Å²) in [7, 11) is 0. The highest BCUT2D eigenvalue weighted by atomic mass is 19.1. The highest BCUT2D eigenvalue weighted by Crippen LogP contribution is 2.30. The van der Waals surface area contributed by atoms with E-state index in [0.717, 1.165) is 41.2 Å². The summed E-state index contributed by atoms with van der Waals surface area (Å²) in [5, 5.41) is 7.78. The van der Waals surface area contributed by atoms with E-state index in [1.165, 1.54) is 12.1 Å². The third-order valence-corrected chi connectivity index (χ3v) is 7.65. The lowest BCUT2D eigenvalue weighted by Gasteiger charge is -2.16. The maximum absolute atomic E-state index is 14.0. The summed E-state index contributed by atoms with van der Waals surface area (Å²) in [6.45, 7) is 4.18. The standard InChI is InChI=1S/C34H30F2N6O4/c1-3-4-9-30-37-20(2)28(18-31-38-29(40-45-31)16-22-14-24(35)17-25(36)15-22)33(43)42(30)19-21-10-12-23(13-11-21)26-7-5-6-8-27(26)32-39-34(44)46-41-32/h5-8,10-15,17H,3-4,9,16,18-19H2,1-2H3,(H,39,41,44). The molecule has 0 aliphatic carbocycles. The fourth-order valence-corrected chi connectivity index (χ4v) is 5.39. The predicted octanol–water partition coefficient (Wildman–Crippen LogP) is 5.80. The van der Waals surface area contributed by atoms with E-state index in [1.54, 1.807) is 11.5 Å². The van der Waals surface area contributed by atoms with Crippen LogP contribution in [0, 0.1) is 18.6 Å². The second-order valence-corrected chi connectivity index (χ2v) is 11.0. The van der Waals surface area contributed by atoms with Crippen LogP contribution in [0.3, 0.4) is 0 Å². The van der Waals surface area contributed by atoms with Crippen molar-refractivity contribution in [1.29, 1.82) is 0 Å². The van der Waals surface area contributed by atoms with Crippen LogP contribution >= 0.6 is 0 Å². The number of H-pyrrole nitrogens is 1. The van der Waals surface area contributed by atoms with Crippen molar-refractivity contribution in [2.45, 2.75) is 52.5 Å². The molecule has 12 heteroatoms. The van der Waals surface area contributed by atoms with Crippen LogP contribution in [0.2, 0.25) is 0 Å². The predicted molar refractivity (Wildman–Crippen MR) is 165 cm³/mol. The van der Waals surface area contributed by atoms with Crippen LogP contribution in [0.1, 0.15) is 59.7 Å². The van der Waals surface area contributed by atoms with E-state index in [-0.39, 0.29) is 30.1 Å². The van der Waals surface area contributed by atoms with Crippen LogP contribution in [0.5, 0.6) is 0 Å². The molecule has 0 saturated carbocycles. The van der Waals surface area contributed by atoms with Gasteiger partial charge in [0, 0.05) is 35.7 Å². The summed E-state index contributed by atoms with van der Waals surface area (Å²) in [4.78, 5) is 37.3. The van der Waals surface area contributed by atoms with Crippen LogP contribution < -0.4 is 11.3 Å². The molecule has 3 aromatic heterocycles. The third kappa shape index (κ3) is 6.75. The minimum atomic E-state index is -0.687. The molecule has 3 aromatic carbocycles. The first-order chi connectivity index (χ1) is 22.3. The van der Waals surface area contributed by atoms with Gasteiger partial charge in [-0.1, -0.05) is 72.2 Å². The number of nitrogens with one attached hydrogen (secondary N) is 1. The fraction of sp³-hybridized carbons (Fsp3) is 0.235. The highest BCUT2D eigenvalue weighted by Gasteiger charge is 2.19. The van der Waals surface area contributed by atoms with Gasteiger partial charge in [-0.2, -0.15) is 4.98 Å². The highest BCUT2D eigenvalue weighted by molar-refractivity contribution is 5.80. The number of rotatable bonds is 11. The van der Waals surface area contributed by atoms with Gasteiger partial charge in [0.15, 0.2) is 11.6 Å². The molecule has 3 heterocycles. The molecular formula is C34H30F2N6O4. The van der Waals surface area contributed by atoms with Gasteiger partial charge in [0.05, 0.1) is 13.0 Å². The van der Waals surface area contributed by atoms with Crippen molar-refractivity contribution in [3.8, 4) is 22.5 Å². The minimum absolute atomic E-state index is 0.0656. The number of hydrogen-bond donors (Lipinski definition) is 1. The molecule has 0 radical (unpaired) electrons. The summed E-state index contributed by atoms with van der Waals surface area (Å²) >= 11 is 0. The van der Waals surface area contributed by atoms with Crippen LogP contribution in [-0.2, 0) is 25.8 Å². The number of aromatic nitrogens is 6. The SMILES string of the molecule is CCCCc1nc(C)c(Cc2nc(Cc3cc(F)cc(F)c3)no2)c(=O)n1Cc1ccc(-c2ccccc2-c2noc(=O)[nH]2)cc1. The topological polar surface area (TPSA) is 133 Å². The quantitative estimate of drug-likeness (QED) is 0.191. The Morgan fingerprint density at radius 3 is 2.28 bits per heavy atom. The molecule has 0 aliphatic rings. The second kappa shape index (κ2) is 13.2. The maximum atomic E-state index is 14.0. The monoisotopic (exact) mass is 624 g/mol. The van der Waals surface area contributed by atoms with Gasteiger partial charge in [-0.15, -0.1) is 0 Å².